The Morgan fingerprint density at radius 2 is 1.90 bits per heavy atom. The number of hydrogen-bond acceptors (Lipinski definition) is 1. The first-order valence-electron chi connectivity index (χ1n) is 5.60. The molecule has 0 fully saturated rings. The van der Waals surface area contributed by atoms with E-state index in [9.17, 15) is 9.18 Å². The number of anilines is 1. The van der Waals surface area contributed by atoms with Gasteiger partial charge in [-0.15, -0.1) is 0 Å². The van der Waals surface area contributed by atoms with Gasteiger partial charge < -0.3 is 5.32 Å². The van der Waals surface area contributed by atoms with Gasteiger partial charge in [-0.25, -0.2) is 4.39 Å². The van der Waals surface area contributed by atoms with E-state index in [-0.39, 0.29) is 11.7 Å². The summed E-state index contributed by atoms with van der Waals surface area (Å²) in [5, 5.41) is 3.59. The van der Waals surface area contributed by atoms with Crippen LogP contribution in [0.3, 0.4) is 0 Å². The van der Waals surface area contributed by atoms with Crippen LogP contribution in [0, 0.1) is 16.3 Å². The molecule has 0 heterocycles. The summed E-state index contributed by atoms with van der Waals surface area (Å²) >= 11 is 14.0. The van der Waals surface area contributed by atoms with Crippen LogP contribution in [0.25, 0.3) is 0 Å². The van der Waals surface area contributed by atoms with Crippen LogP contribution < -0.4 is 5.32 Å². The Morgan fingerprint density at radius 3 is 2.55 bits per heavy atom. The molecule has 0 unspecified atom stereocenters. The van der Waals surface area contributed by atoms with Crippen molar-refractivity contribution in [3.8, 4) is 0 Å². The summed E-state index contributed by atoms with van der Waals surface area (Å²) in [6, 6.07) is 7.22. The number of carbonyl (C=O) groups is 1. The van der Waals surface area contributed by atoms with E-state index in [1.54, 1.807) is 12.1 Å². The maximum absolute atomic E-state index is 13.0. The van der Waals surface area contributed by atoms with Crippen LogP contribution in [0.1, 0.15) is 15.9 Å². The Hall–Kier alpha value is -0.850. The number of amides is 1. The molecule has 0 aliphatic carbocycles. The molecule has 1 N–H and O–H groups in total. The van der Waals surface area contributed by atoms with E-state index < -0.39 is 0 Å². The first-order valence-corrected chi connectivity index (χ1v) is 7.44. The molecule has 2 rings (SSSR count). The zero-order chi connectivity index (χ0) is 14.9. The summed E-state index contributed by atoms with van der Waals surface area (Å²) in [6.07, 6.45) is 0. The molecule has 0 atom stereocenters. The molecule has 104 valence electrons. The summed E-state index contributed by atoms with van der Waals surface area (Å²) in [7, 11) is 0. The molecule has 2 nitrogen and oxygen atoms in total. The Kier molecular flexibility index (Phi) is 4.88. The second kappa shape index (κ2) is 6.28. The minimum atomic E-state index is -0.387. The van der Waals surface area contributed by atoms with Crippen LogP contribution in [0.4, 0.5) is 10.1 Å². The van der Waals surface area contributed by atoms with Crippen molar-refractivity contribution in [1.29, 1.82) is 0 Å². The third-order valence-electron chi connectivity index (χ3n) is 2.67. The van der Waals surface area contributed by atoms with Crippen molar-refractivity contribution in [2.45, 2.75) is 6.92 Å². The van der Waals surface area contributed by atoms with Crippen molar-refractivity contribution in [3.63, 3.8) is 0 Å². The van der Waals surface area contributed by atoms with Gasteiger partial charge in [-0.05, 0) is 65.4 Å². The predicted molar refractivity (Wildman–Crippen MR) is 88.3 cm³/mol. The van der Waals surface area contributed by atoms with E-state index in [1.807, 2.05) is 29.5 Å². The summed E-state index contributed by atoms with van der Waals surface area (Å²) in [4.78, 5) is 12.2. The smallest absolute Gasteiger partial charge is 0.256 e. The lowest BCUT2D eigenvalue weighted by Gasteiger charge is -2.10. The van der Waals surface area contributed by atoms with Gasteiger partial charge >= 0.3 is 0 Å². The van der Waals surface area contributed by atoms with Crippen molar-refractivity contribution >= 4 is 57.4 Å². The first-order chi connectivity index (χ1) is 9.38. The normalized spacial score (nSPS) is 10.4. The fourth-order valence-corrected chi connectivity index (χ4v) is 2.76. The van der Waals surface area contributed by atoms with E-state index in [4.69, 9.17) is 23.2 Å². The average molecular weight is 424 g/mol. The molecule has 1 amide bonds. The monoisotopic (exact) mass is 423 g/mol. The molecule has 2 aromatic rings. The lowest BCUT2D eigenvalue weighted by Crippen LogP contribution is -2.14. The molecule has 0 aliphatic rings. The van der Waals surface area contributed by atoms with Gasteiger partial charge in [-0.2, -0.15) is 0 Å². The Bertz CT molecular complexity index is 691. The molecule has 0 aliphatic heterocycles. The second-order valence-electron chi connectivity index (χ2n) is 4.16. The zero-order valence-corrected chi connectivity index (χ0v) is 14.0. The Morgan fingerprint density at radius 1 is 1.20 bits per heavy atom. The van der Waals surface area contributed by atoms with Gasteiger partial charge in [0.2, 0.25) is 0 Å². The van der Waals surface area contributed by atoms with Crippen molar-refractivity contribution in [3.05, 3.63) is 60.9 Å². The van der Waals surface area contributed by atoms with Gasteiger partial charge in [0.25, 0.3) is 5.91 Å². The van der Waals surface area contributed by atoms with Gasteiger partial charge in [-0.3, -0.25) is 4.79 Å². The van der Waals surface area contributed by atoms with Crippen molar-refractivity contribution in [2.24, 2.45) is 0 Å². The fourth-order valence-electron chi connectivity index (χ4n) is 1.61. The molecule has 0 saturated heterocycles. The van der Waals surface area contributed by atoms with Crippen LogP contribution in [0.15, 0.2) is 30.3 Å². The molecule has 0 spiro atoms. The maximum atomic E-state index is 13.0. The van der Waals surface area contributed by atoms with Gasteiger partial charge in [-0.1, -0.05) is 23.2 Å². The van der Waals surface area contributed by atoms with Gasteiger partial charge in [0.1, 0.15) is 5.82 Å². The summed E-state index contributed by atoms with van der Waals surface area (Å²) in [5.74, 6) is -0.751. The standard InChI is InChI=1S/C14H9Cl2FINO/c1-7-4-11(16)13(6-10(7)15)19-14(20)9-3-2-8(17)5-12(9)18/h2-6H,1H3,(H,19,20). The van der Waals surface area contributed by atoms with Crippen LogP contribution in [-0.4, -0.2) is 5.91 Å². The number of nitrogens with one attached hydrogen (secondary N) is 1. The highest BCUT2D eigenvalue weighted by molar-refractivity contribution is 14.1. The number of carbonyl (C=O) groups excluding carboxylic acids is 1. The summed E-state index contributed by atoms with van der Waals surface area (Å²) in [6.45, 7) is 1.82. The van der Waals surface area contributed by atoms with E-state index in [0.29, 0.717) is 24.9 Å². The van der Waals surface area contributed by atoms with E-state index in [1.165, 1.54) is 18.2 Å². The molecule has 0 radical (unpaired) electrons. The molecule has 0 bridgehead atoms. The first kappa shape index (κ1) is 15.5. The highest BCUT2D eigenvalue weighted by atomic mass is 127. The van der Waals surface area contributed by atoms with Crippen LogP contribution in [-0.2, 0) is 0 Å². The number of hydrogen-bond donors (Lipinski definition) is 1. The van der Waals surface area contributed by atoms with Gasteiger partial charge in [0.05, 0.1) is 16.3 Å². The molecular weight excluding hydrogens is 415 g/mol. The SMILES string of the molecule is Cc1cc(Cl)c(NC(=O)c2ccc(F)cc2I)cc1Cl. The van der Waals surface area contributed by atoms with Gasteiger partial charge in [0, 0.05) is 8.59 Å². The zero-order valence-electron chi connectivity index (χ0n) is 10.3. The topological polar surface area (TPSA) is 29.1 Å². The van der Waals surface area contributed by atoms with Crippen LogP contribution in [0.5, 0.6) is 0 Å². The highest BCUT2D eigenvalue weighted by Gasteiger charge is 2.13. The van der Waals surface area contributed by atoms with E-state index >= 15 is 0 Å². The predicted octanol–water partition coefficient (Wildman–Crippen LogP) is 5.30. The third-order valence-corrected chi connectivity index (χ3v) is 4.28. The molecule has 2 aromatic carbocycles. The van der Waals surface area contributed by atoms with Crippen molar-refractivity contribution < 1.29 is 9.18 Å². The quantitative estimate of drug-likeness (QED) is 0.652. The average Bonchev–Trinajstić information content (AvgIpc) is 2.35. The highest BCUT2D eigenvalue weighted by Crippen LogP contribution is 2.29. The van der Waals surface area contributed by atoms with Crippen molar-refractivity contribution in [1.82, 2.24) is 0 Å². The van der Waals surface area contributed by atoms with E-state index in [2.05, 4.69) is 5.32 Å². The third kappa shape index (κ3) is 3.42. The lowest BCUT2D eigenvalue weighted by atomic mass is 10.2. The van der Waals surface area contributed by atoms with Crippen molar-refractivity contribution in [2.75, 3.05) is 5.32 Å². The molecular formula is C14H9Cl2FINO. The Balaban J connectivity index is 2.30. The summed E-state index contributed by atoms with van der Waals surface area (Å²) < 4.78 is 13.5. The second-order valence-corrected chi connectivity index (χ2v) is 6.14. The maximum Gasteiger partial charge on any atom is 0.256 e. The molecule has 6 heteroatoms. The van der Waals surface area contributed by atoms with E-state index in [0.717, 1.165) is 5.56 Å². The molecule has 20 heavy (non-hydrogen) atoms. The summed E-state index contributed by atoms with van der Waals surface area (Å²) in [5.41, 5.74) is 1.62. The molecule has 0 saturated carbocycles. The largest absolute Gasteiger partial charge is 0.321 e. The number of rotatable bonds is 2. The van der Waals surface area contributed by atoms with Gasteiger partial charge in [0.15, 0.2) is 0 Å². The number of benzene rings is 2. The minimum Gasteiger partial charge on any atom is -0.321 e. The number of halogens is 4. The van der Waals surface area contributed by atoms with Crippen LogP contribution >= 0.6 is 45.8 Å². The van der Waals surface area contributed by atoms with Crippen LogP contribution in [0.2, 0.25) is 10.0 Å². The lowest BCUT2D eigenvalue weighted by molar-refractivity contribution is 0.102. The fraction of sp³-hybridized carbons (Fsp3) is 0.0714. The Labute approximate surface area is 139 Å². The molecule has 0 aromatic heterocycles. The number of aryl methyl sites for hydroxylation is 1. The minimum absolute atomic E-state index is 0.365.